The molecule has 44 heavy (non-hydrogen) atoms. The fraction of sp³-hybridized carbons (Fsp3) is 0.235. The van der Waals surface area contributed by atoms with Crippen LogP contribution in [0.5, 0.6) is 5.75 Å². The van der Waals surface area contributed by atoms with Crippen LogP contribution in [-0.2, 0) is 15.6 Å². The lowest BCUT2D eigenvalue weighted by molar-refractivity contribution is -0.206. The maximum absolute atomic E-state index is 15.0. The van der Waals surface area contributed by atoms with Gasteiger partial charge in [0.05, 0.1) is 18.8 Å². The average Bonchev–Trinajstić information content (AvgIpc) is 3.00. The van der Waals surface area contributed by atoms with Crippen LogP contribution in [-0.4, -0.2) is 13.2 Å². The van der Waals surface area contributed by atoms with Crippen LogP contribution < -0.4 is 4.74 Å². The number of halogens is 7. The molecule has 230 valence electrons. The second-order valence-electron chi connectivity index (χ2n) is 10.3. The molecule has 4 aromatic carbocycles. The van der Waals surface area contributed by atoms with Crippen LogP contribution in [0, 0.1) is 35.0 Å². The van der Waals surface area contributed by atoms with E-state index in [0.717, 1.165) is 31.0 Å². The van der Waals surface area contributed by atoms with Gasteiger partial charge in [-0.2, -0.15) is 8.78 Å². The van der Waals surface area contributed by atoms with Gasteiger partial charge >= 0.3 is 6.11 Å². The van der Waals surface area contributed by atoms with E-state index in [-0.39, 0.29) is 28.4 Å². The van der Waals surface area contributed by atoms with Gasteiger partial charge in [-0.05, 0) is 78.9 Å². The maximum atomic E-state index is 15.0. The van der Waals surface area contributed by atoms with E-state index in [4.69, 9.17) is 14.2 Å². The van der Waals surface area contributed by atoms with E-state index < -0.39 is 47.0 Å². The van der Waals surface area contributed by atoms with Crippen molar-refractivity contribution in [3.05, 3.63) is 125 Å². The molecular weight excluding hydrogens is 589 g/mol. The Balaban J connectivity index is 1.24. The van der Waals surface area contributed by atoms with Crippen molar-refractivity contribution in [2.75, 3.05) is 13.2 Å². The monoisotopic (exact) mass is 616 g/mol. The second kappa shape index (κ2) is 13.2. The SMILES string of the molecule is C/C=C/CCC1COC(c2ccc(C(F)(F)Oc3ccc(-c4ccc(-c5cc(F)c(F)c(F)c5)c(F)c4)cc3)c(F)c2)OC1. The zero-order chi connectivity index (χ0) is 31.4. The van der Waals surface area contributed by atoms with Crippen LogP contribution >= 0.6 is 0 Å². The first-order valence-electron chi connectivity index (χ1n) is 13.8. The number of hydrogen-bond donors (Lipinski definition) is 0. The predicted octanol–water partition coefficient (Wildman–Crippen LogP) is 9.86. The largest absolute Gasteiger partial charge is 0.429 e. The number of alkyl halides is 2. The summed E-state index contributed by atoms with van der Waals surface area (Å²) in [7, 11) is 0. The summed E-state index contributed by atoms with van der Waals surface area (Å²) in [6.07, 6.45) is 0.879. The summed E-state index contributed by atoms with van der Waals surface area (Å²) in [6, 6.07) is 13.5. The van der Waals surface area contributed by atoms with E-state index in [1.807, 2.05) is 19.1 Å². The Morgan fingerprint density at radius 1 is 0.750 bits per heavy atom. The van der Waals surface area contributed by atoms with Gasteiger partial charge in [0.25, 0.3) is 0 Å². The zero-order valence-corrected chi connectivity index (χ0v) is 23.4. The minimum atomic E-state index is -4.02. The summed E-state index contributed by atoms with van der Waals surface area (Å²) < 4.78 is 116. The lowest BCUT2D eigenvalue weighted by atomic mass is 9.99. The van der Waals surface area contributed by atoms with E-state index in [9.17, 15) is 30.7 Å². The van der Waals surface area contributed by atoms with Gasteiger partial charge in [-0.25, -0.2) is 22.0 Å². The first-order chi connectivity index (χ1) is 21.1. The number of hydrogen-bond acceptors (Lipinski definition) is 3. The molecule has 1 fully saturated rings. The first-order valence-corrected chi connectivity index (χ1v) is 13.8. The van der Waals surface area contributed by atoms with Gasteiger partial charge in [0.2, 0.25) is 0 Å². The van der Waals surface area contributed by atoms with E-state index in [1.54, 1.807) is 0 Å². The van der Waals surface area contributed by atoms with Gasteiger partial charge in [-0.15, -0.1) is 0 Å². The van der Waals surface area contributed by atoms with E-state index >= 15 is 0 Å². The molecule has 0 saturated carbocycles. The Labute approximate surface area is 249 Å². The molecule has 0 amide bonds. The van der Waals surface area contributed by atoms with Gasteiger partial charge in [-0.3, -0.25) is 0 Å². The van der Waals surface area contributed by atoms with Crippen molar-refractivity contribution in [3.63, 3.8) is 0 Å². The quantitative estimate of drug-likeness (QED) is 0.106. The van der Waals surface area contributed by atoms with E-state index in [2.05, 4.69) is 0 Å². The molecule has 0 N–H and O–H groups in total. The highest BCUT2D eigenvalue weighted by Gasteiger charge is 2.38. The van der Waals surface area contributed by atoms with Crippen molar-refractivity contribution in [1.82, 2.24) is 0 Å². The Kier molecular flexibility index (Phi) is 9.41. The molecule has 0 spiro atoms. The summed E-state index contributed by atoms with van der Waals surface area (Å²) in [5.74, 6) is -6.69. The van der Waals surface area contributed by atoms with Crippen molar-refractivity contribution in [2.24, 2.45) is 5.92 Å². The fourth-order valence-corrected chi connectivity index (χ4v) is 4.87. The Morgan fingerprint density at radius 2 is 1.39 bits per heavy atom. The summed E-state index contributed by atoms with van der Waals surface area (Å²) >= 11 is 0. The van der Waals surface area contributed by atoms with Gasteiger partial charge in [0.15, 0.2) is 23.7 Å². The van der Waals surface area contributed by atoms with E-state index in [1.165, 1.54) is 42.5 Å². The molecule has 3 nitrogen and oxygen atoms in total. The molecule has 1 aliphatic heterocycles. The Morgan fingerprint density at radius 3 is 2.00 bits per heavy atom. The minimum absolute atomic E-state index is 0.162. The Hall–Kier alpha value is -4.15. The van der Waals surface area contributed by atoms with Crippen LogP contribution in [0.15, 0.2) is 84.9 Å². The third-order valence-electron chi connectivity index (χ3n) is 7.22. The van der Waals surface area contributed by atoms with Crippen molar-refractivity contribution in [1.29, 1.82) is 0 Å². The highest BCUT2D eigenvalue weighted by Crippen LogP contribution is 2.37. The molecule has 4 aromatic rings. The highest BCUT2D eigenvalue weighted by molar-refractivity contribution is 5.71. The summed E-state index contributed by atoms with van der Waals surface area (Å²) in [5, 5.41) is 0. The van der Waals surface area contributed by atoms with Crippen LogP contribution in [0.3, 0.4) is 0 Å². The summed E-state index contributed by atoms with van der Waals surface area (Å²) in [6.45, 7) is 2.76. The van der Waals surface area contributed by atoms with Crippen molar-refractivity contribution in [2.45, 2.75) is 32.2 Å². The highest BCUT2D eigenvalue weighted by atomic mass is 19.3. The van der Waals surface area contributed by atoms with Gasteiger partial charge in [0, 0.05) is 17.0 Å². The summed E-state index contributed by atoms with van der Waals surface area (Å²) in [4.78, 5) is 0. The number of ether oxygens (including phenoxy) is 3. The van der Waals surface area contributed by atoms with Gasteiger partial charge < -0.3 is 14.2 Å². The van der Waals surface area contributed by atoms with Crippen molar-refractivity contribution in [3.8, 4) is 28.0 Å². The standard InChI is InChI=1S/C34H27F7O3/c1-2-3-4-5-20-18-42-33(43-19-20)23-9-13-27(29(36)15-23)34(40,41)44-25-10-6-21(7-11-25)22-8-12-26(28(35)14-22)24-16-30(37)32(39)31(38)17-24/h2-3,6-17,20,33H,4-5,18-19H2,1H3/b3-2+. The summed E-state index contributed by atoms with van der Waals surface area (Å²) in [5.41, 5.74) is -0.326. The molecule has 1 heterocycles. The molecule has 1 aliphatic rings. The lowest BCUT2D eigenvalue weighted by Crippen LogP contribution is -2.27. The van der Waals surface area contributed by atoms with Crippen LogP contribution in [0.25, 0.3) is 22.3 Å². The number of allylic oxidation sites excluding steroid dienone is 2. The third-order valence-corrected chi connectivity index (χ3v) is 7.22. The second-order valence-corrected chi connectivity index (χ2v) is 10.3. The zero-order valence-electron chi connectivity index (χ0n) is 23.4. The molecular formula is C34H27F7O3. The van der Waals surface area contributed by atoms with Gasteiger partial charge in [0.1, 0.15) is 17.4 Å². The lowest BCUT2D eigenvalue weighted by Gasteiger charge is -2.29. The number of rotatable bonds is 9. The number of benzene rings is 4. The third kappa shape index (κ3) is 6.97. The van der Waals surface area contributed by atoms with Crippen molar-refractivity contribution < 1.29 is 44.9 Å². The topological polar surface area (TPSA) is 27.7 Å². The van der Waals surface area contributed by atoms with Crippen LogP contribution in [0.2, 0.25) is 0 Å². The molecule has 10 heteroatoms. The first kappa shape index (κ1) is 31.3. The fourth-order valence-electron chi connectivity index (χ4n) is 4.87. The Bertz CT molecular complexity index is 1620. The molecule has 0 radical (unpaired) electrons. The van der Waals surface area contributed by atoms with Crippen molar-refractivity contribution >= 4 is 0 Å². The molecule has 1 saturated heterocycles. The maximum Gasteiger partial charge on any atom is 0.429 e. The molecule has 0 unspecified atom stereocenters. The predicted molar refractivity (Wildman–Crippen MR) is 150 cm³/mol. The molecule has 0 bridgehead atoms. The molecule has 0 aliphatic carbocycles. The van der Waals surface area contributed by atoms with Crippen LogP contribution in [0.4, 0.5) is 30.7 Å². The molecule has 0 atom stereocenters. The van der Waals surface area contributed by atoms with E-state index in [0.29, 0.717) is 36.5 Å². The minimum Gasteiger partial charge on any atom is -0.429 e. The average molecular weight is 617 g/mol. The normalized spacial score (nSPS) is 17.3. The molecule has 0 aromatic heterocycles. The van der Waals surface area contributed by atoms with Gasteiger partial charge in [-0.1, -0.05) is 42.5 Å². The smallest absolute Gasteiger partial charge is 0.429 e. The van der Waals surface area contributed by atoms with Crippen LogP contribution in [0.1, 0.15) is 37.2 Å². The molecule has 5 rings (SSSR count).